The Morgan fingerprint density at radius 2 is 1.12 bits per heavy atom. The van der Waals surface area contributed by atoms with Crippen molar-refractivity contribution in [2.75, 3.05) is 0 Å². The smallest absolute Gasteiger partial charge is 0.307 e. The van der Waals surface area contributed by atoms with Gasteiger partial charge in [0, 0.05) is 0 Å². The van der Waals surface area contributed by atoms with Crippen LogP contribution in [0.2, 0.25) is 0 Å². The minimum absolute atomic E-state index is 0.00981. The number of carboxylic acids is 1. The van der Waals surface area contributed by atoms with Gasteiger partial charge in [-0.2, -0.15) is 0 Å². The SMILES string of the molecule is O=C(O)C1C2CCCCC2C2CCCCC21. The number of carbonyl (C=O) groups is 1. The Morgan fingerprint density at radius 1 is 0.750 bits per heavy atom. The van der Waals surface area contributed by atoms with Crippen molar-refractivity contribution < 1.29 is 9.90 Å². The summed E-state index contributed by atoms with van der Waals surface area (Å²) in [6, 6.07) is 0. The van der Waals surface area contributed by atoms with Crippen LogP contribution < -0.4 is 0 Å². The number of aliphatic carboxylic acids is 1. The van der Waals surface area contributed by atoms with E-state index >= 15 is 0 Å². The molecular formula is C14H22O2. The molecule has 0 radical (unpaired) electrons. The van der Waals surface area contributed by atoms with Crippen molar-refractivity contribution in [2.45, 2.75) is 51.4 Å². The van der Waals surface area contributed by atoms with Gasteiger partial charge in [0.15, 0.2) is 0 Å². The maximum Gasteiger partial charge on any atom is 0.307 e. The van der Waals surface area contributed by atoms with Crippen molar-refractivity contribution in [3.8, 4) is 0 Å². The van der Waals surface area contributed by atoms with Gasteiger partial charge in [-0.1, -0.05) is 25.7 Å². The van der Waals surface area contributed by atoms with E-state index in [0.717, 1.165) is 11.8 Å². The van der Waals surface area contributed by atoms with Crippen LogP contribution >= 0.6 is 0 Å². The molecule has 0 heterocycles. The van der Waals surface area contributed by atoms with Gasteiger partial charge in [-0.15, -0.1) is 0 Å². The van der Waals surface area contributed by atoms with Crippen molar-refractivity contribution in [3.63, 3.8) is 0 Å². The molecule has 3 rings (SSSR count). The summed E-state index contributed by atoms with van der Waals surface area (Å²) in [6.07, 6.45) is 10.2. The van der Waals surface area contributed by atoms with E-state index < -0.39 is 5.97 Å². The summed E-state index contributed by atoms with van der Waals surface area (Å²) in [4.78, 5) is 11.5. The standard InChI is InChI=1S/C14H22O2/c15-14(16)13-11-7-3-1-5-9(11)10-6-2-4-8-12(10)13/h9-13H,1-8H2,(H,15,16). The van der Waals surface area contributed by atoms with Crippen LogP contribution in [0.3, 0.4) is 0 Å². The lowest BCUT2D eigenvalue weighted by molar-refractivity contribution is -0.145. The molecule has 3 fully saturated rings. The van der Waals surface area contributed by atoms with Crippen LogP contribution in [0, 0.1) is 29.6 Å². The molecular weight excluding hydrogens is 200 g/mol. The van der Waals surface area contributed by atoms with Gasteiger partial charge < -0.3 is 5.11 Å². The van der Waals surface area contributed by atoms with E-state index in [1.807, 2.05) is 0 Å². The van der Waals surface area contributed by atoms with E-state index in [1.54, 1.807) is 0 Å². The lowest BCUT2D eigenvalue weighted by Crippen LogP contribution is -2.28. The molecule has 2 nitrogen and oxygen atoms in total. The molecule has 0 aliphatic heterocycles. The Labute approximate surface area is 97.4 Å². The molecule has 3 aliphatic rings. The van der Waals surface area contributed by atoms with Crippen LogP contribution in [0.25, 0.3) is 0 Å². The first kappa shape index (κ1) is 10.6. The van der Waals surface area contributed by atoms with Gasteiger partial charge in [0.1, 0.15) is 0 Å². The van der Waals surface area contributed by atoms with Crippen LogP contribution in [-0.2, 0) is 4.79 Å². The minimum Gasteiger partial charge on any atom is -0.481 e. The third-order valence-electron chi connectivity index (χ3n) is 5.51. The molecule has 4 atom stereocenters. The fourth-order valence-corrected chi connectivity index (χ4v) is 5.02. The van der Waals surface area contributed by atoms with Crippen molar-refractivity contribution >= 4 is 5.97 Å². The highest BCUT2D eigenvalue weighted by molar-refractivity contribution is 5.71. The molecule has 0 saturated heterocycles. The number of fused-ring (bicyclic) bond motifs is 3. The quantitative estimate of drug-likeness (QED) is 0.739. The Kier molecular flexibility index (Phi) is 2.68. The summed E-state index contributed by atoms with van der Waals surface area (Å²) >= 11 is 0. The van der Waals surface area contributed by atoms with Crippen molar-refractivity contribution in [3.05, 3.63) is 0 Å². The lowest BCUT2D eigenvalue weighted by atomic mass is 9.73. The maximum atomic E-state index is 11.5. The third kappa shape index (κ3) is 1.49. The monoisotopic (exact) mass is 222 g/mol. The number of hydrogen-bond acceptors (Lipinski definition) is 1. The fraction of sp³-hybridized carbons (Fsp3) is 0.929. The first-order chi connectivity index (χ1) is 7.79. The van der Waals surface area contributed by atoms with Gasteiger partial charge in [-0.05, 0) is 49.4 Å². The summed E-state index contributed by atoms with van der Waals surface area (Å²) in [6.45, 7) is 0. The van der Waals surface area contributed by atoms with Crippen LogP contribution in [-0.4, -0.2) is 11.1 Å². The average Bonchev–Trinajstić information content (AvgIpc) is 2.63. The zero-order chi connectivity index (χ0) is 11.1. The average molecular weight is 222 g/mol. The summed E-state index contributed by atoms with van der Waals surface area (Å²) in [5.41, 5.74) is 0. The lowest BCUT2D eigenvalue weighted by Gasteiger charge is -2.32. The zero-order valence-corrected chi connectivity index (χ0v) is 9.90. The summed E-state index contributed by atoms with van der Waals surface area (Å²) in [5, 5.41) is 9.49. The molecule has 0 aromatic carbocycles. The highest BCUT2D eigenvalue weighted by Crippen LogP contribution is 2.57. The molecule has 0 aromatic heterocycles. The second-order valence-corrected chi connectivity index (χ2v) is 6.09. The largest absolute Gasteiger partial charge is 0.481 e. The van der Waals surface area contributed by atoms with E-state index in [2.05, 4.69) is 0 Å². The molecule has 0 bridgehead atoms. The normalized spacial score (nSPS) is 47.1. The summed E-state index contributed by atoms with van der Waals surface area (Å²) < 4.78 is 0. The maximum absolute atomic E-state index is 11.5. The van der Waals surface area contributed by atoms with Crippen molar-refractivity contribution in [1.82, 2.24) is 0 Å². The van der Waals surface area contributed by atoms with E-state index in [-0.39, 0.29) is 5.92 Å². The van der Waals surface area contributed by atoms with Gasteiger partial charge in [-0.25, -0.2) is 0 Å². The third-order valence-corrected chi connectivity index (χ3v) is 5.51. The van der Waals surface area contributed by atoms with Gasteiger partial charge >= 0.3 is 5.97 Å². The molecule has 3 saturated carbocycles. The second-order valence-electron chi connectivity index (χ2n) is 6.09. The molecule has 0 spiro atoms. The highest BCUT2D eigenvalue weighted by atomic mass is 16.4. The molecule has 3 aliphatic carbocycles. The van der Waals surface area contributed by atoms with E-state index in [4.69, 9.17) is 0 Å². The van der Waals surface area contributed by atoms with Gasteiger partial charge in [0.25, 0.3) is 0 Å². The Morgan fingerprint density at radius 3 is 1.50 bits per heavy atom. The molecule has 0 amide bonds. The van der Waals surface area contributed by atoms with Crippen LogP contribution in [0.1, 0.15) is 51.4 Å². The Balaban J connectivity index is 1.89. The van der Waals surface area contributed by atoms with E-state index in [0.29, 0.717) is 11.8 Å². The van der Waals surface area contributed by atoms with Gasteiger partial charge in [0.05, 0.1) is 5.92 Å². The van der Waals surface area contributed by atoms with Crippen molar-refractivity contribution in [1.29, 1.82) is 0 Å². The van der Waals surface area contributed by atoms with E-state index in [9.17, 15) is 9.90 Å². The number of hydrogen-bond donors (Lipinski definition) is 1. The zero-order valence-electron chi connectivity index (χ0n) is 9.90. The molecule has 2 heteroatoms. The van der Waals surface area contributed by atoms with Gasteiger partial charge in [-0.3, -0.25) is 4.79 Å². The summed E-state index contributed by atoms with van der Waals surface area (Å²) in [5.74, 6) is 2.10. The minimum atomic E-state index is -0.494. The van der Waals surface area contributed by atoms with Crippen LogP contribution in [0.4, 0.5) is 0 Å². The molecule has 4 unspecified atom stereocenters. The second kappa shape index (κ2) is 4.05. The number of rotatable bonds is 1. The van der Waals surface area contributed by atoms with Crippen LogP contribution in [0.15, 0.2) is 0 Å². The Hall–Kier alpha value is -0.530. The van der Waals surface area contributed by atoms with Gasteiger partial charge in [0.2, 0.25) is 0 Å². The number of carboxylic acid groups (broad SMARTS) is 1. The predicted molar refractivity (Wildman–Crippen MR) is 62.0 cm³/mol. The first-order valence-corrected chi connectivity index (χ1v) is 7.02. The molecule has 16 heavy (non-hydrogen) atoms. The highest BCUT2D eigenvalue weighted by Gasteiger charge is 2.53. The Bertz CT molecular complexity index is 264. The topological polar surface area (TPSA) is 37.3 Å². The fourth-order valence-electron chi connectivity index (χ4n) is 5.02. The summed E-state index contributed by atoms with van der Waals surface area (Å²) in [7, 11) is 0. The predicted octanol–water partition coefficient (Wildman–Crippen LogP) is 3.31. The molecule has 90 valence electrons. The van der Waals surface area contributed by atoms with Crippen molar-refractivity contribution in [2.24, 2.45) is 29.6 Å². The van der Waals surface area contributed by atoms with Crippen LogP contribution in [0.5, 0.6) is 0 Å². The molecule has 0 aromatic rings. The molecule has 1 N–H and O–H groups in total. The first-order valence-electron chi connectivity index (χ1n) is 7.02. The van der Waals surface area contributed by atoms with E-state index in [1.165, 1.54) is 51.4 Å².